The van der Waals surface area contributed by atoms with Gasteiger partial charge in [-0.15, -0.1) is 6.58 Å². The Bertz CT molecular complexity index is 338. The maximum absolute atomic E-state index is 6.00. The minimum absolute atomic E-state index is 0.431. The van der Waals surface area contributed by atoms with E-state index in [1.165, 1.54) is 0 Å². The van der Waals surface area contributed by atoms with Gasteiger partial charge in [-0.05, 0) is 53.9 Å². The van der Waals surface area contributed by atoms with Crippen LogP contribution >= 0.6 is 27.5 Å². The Morgan fingerprint density at radius 1 is 1.60 bits per heavy atom. The molecule has 3 heteroatoms. The number of halogens is 2. The monoisotopic (exact) mass is 287 g/mol. The van der Waals surface area contributed by atoms with Crippen molar-refractivity contribution < 1.29 is 0 Å². The lowest BCUT2D eigenvalue weighted by Crippen LogP contribution is -2.14. The average molecular weight is 289 g/mol. The van der Waals surface area contributed by atoms with E-state index >= 15 is 0 Å². The number of hydrogen-bond acceptors (Lipinski definition) is 1. The molecule has 0 heterocycles. The Morgan fingerprint density at radius 3 is 2.93 bits per heavy atom. The van der Waals surface area contributed by atoms with Gasteiger partial charge in [0.2, 0.25) is 0 Å². The molecule has 1 nitrogen and oxygen atoms in total. The summed E-state index contributed by atoms with van der Waals surface area (Å²) in [6.45, 7) is 5.86. The van der Waals surface area contributed by atoms with E-state index < -0.39 is 0 Å². The molecule has 1 rings (SSSR count). The van der Waals surface area contributed by atoms with Crippen LogP contribution in [0.3, 0.4) is 0 Å². The van der Waals surface area contributed by atoms with Crippen molar-refractivity contribution in [3.63, 3.8) is 0 Å². The maximum Gasteiger partial charge on any atom is 0.0568 e. The van der Waals surface area contributed by atoms with Crippen LogP contribution in [0.15, 0.2) is 35.3 Å². The largest absolute Gasteiger partial charge is 0.383 e. The number of allylic oxidation sites excluding steroid dienone is 1. The van der Waals surface area contributed by atoms with Crippen molar-refractivity contribution in [2.24, 2.45) is 0 Å². The molecule has 1 unspecified atom stereocenters. The number of benzene rings is 1. The van der Waals surface area contributed by atoms with Crippen molar-refractivity contribution >= 4 is 33.2 Å². The van der Waals surface area contributed by atoms with Crippen LogP contribution in [-0.4, -0.2) is 6.04 Å². The van der Waals surface area contributed by atoms with E-state index in [4.69, 9.17) is 11.6 Å². The molecule has 82 valence electrons. The predicted octanol–water partition coefficient (Wildman–Crippen LogP) is 4.87. The Labute approximate surface area is 105 Å². The Kier molecular flexibility index (Phi) is 5.20. The highest BCUT2D eigenvalue weighted by Gasteiger charge is 2.02. The van der Waals surface area contributed by atoms with E-state index in [-0.39, 0.29) is 0 Å². The number of rotatable bonds is 5. The topological polar surface area (TPSA) is 12.0 Å². The number of nitrogens with one attached hydrogen (secondary N) is 1. The molecule has 0 spiro atoms. The lowest BCUT2D eigenvalue weighted by atomic mass is 10.1. The van der Waals surface area contributed by atoms with E-state index in [9.17, 15) is 0 Å². The zero-order chi connectivity index (χ0) is 11.3. The molecule has 15 heavy (non-hydrogen) atoms. The second-order valence-electron chi connectivity index (χ2n) is 3.54. The molecule has 0 amide bonds. The molecular weight excluding hydrogens is 273 g/mol. The van der Waals surface area contributed by atoms with E-state index in [0.29, 0.717) is 6.04 Å². The zero-order valence-corrected chi connectivity index (χ0v) is 11.1. The summed E-state index contributed by atoms with van der Waals surface area (Å²) in [6, 6.07) is 6.32. The van der Waals surface area contributed by atoms with Gasteiger partial charge in [-0.1, -0.05) is 17.7 Å². The van der Waals surface area contributed by atoms with Gasteiger partial charge in [-0.2, -0.15) is 0 Å². The molecule has 0 aliphatic rings. The SMILES string of the molecule is C=CCCC(C)Nc1ccc(Br)c(Cl)c1. The minimum atomic E-state index is 0.431. The van der Waals surface area contributed by atoms with Crippen LogP contribution in [-0.2, 0) is 0 Å². The summed E-state index contributed by atoms with van der Waals surface area (Å²) in [5, 5.41) is 4.12. The summed E-state index contributed by atoms with van der Waals surface area (Å²) >= 11 is 9.36. The molecule has 0 aliphatic carbocycles. The van der Waals surface area contributed by atoms with Gasteiger partial charge < -0.3 is 5.32 Å². The van der Waals surface area contributed by atoms with Gasteiger partial charge in [0.1, 0.15) is 0 Å². The second-order valence-corrected chi connectivity index (χ2v) is 4.80. The summed E-state index contributed by atoms with van der Waals surface area (Å²) in [5.41, 5.74) is 1.06. The standard InChI is InChI=1S/C12H15BrClN/c1-3-4-5-9(2)15-10-6-7-11(13)12(14)8-10/h3,6-9,15H,1,4-5H2,2H3. The fraction of sp³-hybridized carbons (Fsp3) is 0.333. The van der Waals surface area contributed by atoms with Crippen molar-refractivity contribution in [1.82, 2.24) is 0 Å². The zero-order valence-electron chi connectivity index (χ0n) is 8.76. The summed E-state index contributed by atoms with van der Waals surface area (Å²) in [6.07, 6.45) is 4.04. The highest BCUT2D eigenvalue weighted by atomic mass is 79.9. The first-order valence-corrected chi connectivity index (χ1v) is 6.13. The predicted molar refractivity (Wildman–Crippen MR) is 71.7 cm³/mol. The molecule has 0 aromatic heterocycles. The third-order valence-corrected chi connectivity index (χ3v) is 3.37. The Hall–Kier alpha value is -0.470. The van der Waals surface area contributed by atoms with Crippen molar-refractivity contribution in [3.05, 3.63) is 40.3 Å². The fourth-order valence-electron chi connectivity index (χ4n) is 1.31. The minimum Gasteiger partial charge on any atom is -0.383 e. The lowest BCUT2D eigenvalue weighted by Gasteiger charge is -2.14. The quantitative estimate of drug-likeness (QED) is 0.762. The van der Waals surface area contributed by atoms with Crippen LogP contribution in [0.2, 0.25) is 5.02 Å². The number of hydrogen-bond donors (Lipinski definition) is 1. The fourth-order valence-corrected chi connectivity index (χ4v) is 1.74. The highest BCUT2D eigenvalue weighted by Crippen LogP contribution is 2.26. The van der Waals surface area contributed by atoms with Crippen LogP contribution in [0.5, 0.6) is 0 Å². The highest BCUT2D eigenvalue weighted by molar-refractivity contribution is 9.10. The van der Waals surface area contributed by atoms with Gasteiger partial charge in [-0.3, -0.25) is 0 Å². The summed E-state index contributed by atoms with van der Waals surface area (Å²) < 4.78 is 0.925. The average Bonchev–Trinajstić information content (AvgIpc) is 2.20. The van der Waals surface area contributed by atoms with Gasteiger partial charge in [-0.25, -0.2) is 0 Å². The normalized spacial score (nSPS) is 12.2. The molecule has 1 N–H and O–H groups in total. The van der Waals surface area contributed by atoms with Crippen LogP contribution < -0.4 is 5.32 Å². The van der Waals surface area contributed by atoms with Gasteiger partial charge in [0, 0.05) is 16.2 Å². The van der Waals surface area contributed by atoms with E-state index in [1.807, 2.05) is 24.3 Å². The van der Waals surface area contributed by atoms with Crippen molar-refractivity contribution in [2.45, 2.75) is 25.8 Å². The van der Waals surface area contributed by atoms with E-state index in [1.54, 1.807) is 0 Å². The first-order valence-electron chi connectivity index (χ1n) is 4.96. The van der Waals surface area contributed by atoms with Crippen LogP contribution in [0, 0.1) is 0 Å². The number of anilines is 1. The maximum atomic E-state index is 6.00. The third-order valence-electron chi connectivity index (χ3n) is 2.14. The summed E-state index contributed by atoms with van der Waals surface area (Å²) in [7, 11) is 0. The summed E-state index contributed by atoms with van der Waals surface area (Å²) in [5.74, 6) is 0. The lowest BCUT2D eigenvalue weighted by molar-refractivity contribution is 0.719. The van der Waals surface area contributed by atoms with Gasteiger partial charge >= 0.3 is 0 Å². The van der Waals surface area contributed by atoms with Crippen LogP contribution in [0.4, 0.5) is 5.69 Å². The summed E-state index contributed by atoms with van der Waals surface area (Å²) in [4.78, 5) is 0. The smallest absolute Gasteiger partial charge is 0.0568 e. The van der Waals surface area contributed by atoms with Gasteiger partial charge in [0.05, 0.1) is 5.02 Å². The van der Waals surface area contributed by atoms with Crippen molar-refractivity contribution in [3.8, 4) is 0 Å². The molecule has 0 saturated carbocycles. The third kappa shape index (κ3) is 4.27. The van der Waals surface area contributed by atoms with Crippen LogP contribution in [0.25, 0.3) is 0 Å². The molecule has 1 aromatic rings. The molecule has 0 aliphatic heterocycles. The Balaban J connectivity index is 2.56. The van der Waals surface area contributed by atoms with Gasteiger partial charge in [0.25, 0.3) is 0 Å². The van der Waals surface area contributed by atoms with E-state index in [0.717, 1.165) is 28.0 Å². The first kappa shape index (κ1) is 12.6. The van der Waals surface area contributed by atoms with Gasteiger partial charge in [0.15, 0.2) is 0 Å². The van der Waals surface area contributed by atoms with E-state index in [2.05, 4.69) is 34.7 Å². The Morgan fingerprint density at radius 2 is 2.33 bits per heavy atom. The molecule has 0 bridgehead atoms. The molecule has 1 atom stereocenters. The molecule has 0 fully saturated rings. The van der Waals surface area contributed by atoms with Crippen LogP contribution in [0.1, 0.15) is 19.8 Å². The molecule has 0 radical (unpaired) electrons. The molecule has 1 aromatic carbocycles. The van der Waals surface area contributed by atoms with Crippen molar-refractivity contribution in [1.29, 1.82) is 0 Å². The molecular formula is C12H15BrClN. The molecule has 0 saturated heterocycles. The first-order chi connectivity index (χ1) is 7.13. The second kappa shape index (κ2) is 6.19. The van der Waals surface area contributed by atoms with Crippen molar-refractivity contribution in [2.75, 3.05) is 5.32 Å².